The summed E-state index contributed by atoms with van der Waals surface area (Å²) in [6.07, 6.45) is 0. The number of nitro groups is 1. The Balaban J connectivity index is 2.36. The van der Waals surface area contributed by atoms with Crippen LogP contribution in [0.2, 0.25) is 5.02 Å². The van der Waals surface area contributed by atoms with E-state index in [4.69, 9.17) is 11.6 Å². The number of aliphatic hydroxyl groups is 1. The molecule has 1 N–H and O–H groups in total. The van der Waals surface area contributed by atoms with E-state index in [-0.39, 0.29) is 16.9 Å². The van der Waals surface area contributed by atoms with Gasteiger partial charge in [0, 0.05) is 29.6 Å². The van der Waals surface area contributed by atoms with E-state index in [0.29, 0.717) is 10.7 Å². The smallest absolute Gasteiger partial charge is 0.269 e. The van der Waals surface area contributed by atoms with E-state index >= 15 is 0 Å². The fraction of sp³-hybridized carbons (Fsp3) is 0.0625. The van der Waals surface area contributed by atoms with Gasteiger partial charge in [0.25, 0.3) is 5.69 Å². The molecule has 0 aliphatic rings. The maximum Gasteiger partial charge on any atom is 0.269 e. The van der Waals surface area contributed by atoms with Gasteiger partial charge in [-0.1, -0.05) is 11.6 Å². The van der Waals surface area contributed by atoms with E-state index in [2.05, 4.69) is 10.2 Å². The summed E-state index contributed by atoms with van der Waals surface area (Å²) in [5.41, 5.74) is 0.299. The minimum atomic E-state index is -0.559. The molecule has 2 aromatic carbocycles. The van der Waals surface area contributed by atoms with Crippen molar-refractivity contribution in [2.24, 2.45) is 10.2 Å². The zero-order valence-electron chi connectivity index (χ0n) is 12.5. The van der Waals surface area contributed by atoms with Crippen LogP contribution < -0.4 is 0 Å². The number of benzene rings is 2. The SMILES string of the molecule is CC(=O)C(N=Nc1ccc(Cl)cc1)=C(O)c1ccc([N+](=O)[O-])cc1. The molecule has 0 spiro atoms. The van der Waals surface area contributed by atoms with Crippen molar-refractivity contribution in [2.45, 2.75) is 6.92 Å². The van der Waals surface area contributed by atoms with Crippen LogP contribution in [-0.2, 0) is 4.79 Å². The van der Waals surface area contributed by atoms with Crippen molar-refractivity contribution < 1.29 is 14.8 Å². The first-order chi connectivity index (χ1) is 11.4. The Morgan fingerprint density at radius 1 is 1.12 bits per heavy atom. The zero-order valence-corrected chi connectivity index (χ0v) is 13.3. The lowest BCUT2D eigenvalue weighted by Crippen LogP contribution is -1.99. The number of nitrogens with zero attached hydrogens (tertiary/aromatic N) is 3. The average Bonchev–Trinajstić information content (AvgIpc) is 2.56. The lowest BCUT2D eigenvalue weighted by molar-refractivity contribution is -0.384. The molecule has 0 radical (unpaired) electrons. The summed E-state index contributed by atoms with van der Waals surface area (Å²) in [5.74, 6) is -0.904. The van der Waals surface area contributed by atoms with Crippen LogP contribution in [0.3, 0.4) is 0 Å². The summed E-state index contributed by atoms with van der Waals surface area (Å²) in [5, 5.41) is 29.1. The molecule has 122 valence electrons. The number of hydrogen-bond donors (Lipinski definition) is 1. The van der Waals surface area contributed by atoms with E-state index in [9.17, 15) is 20.0 Å². The molecule has 0 aliphatic carbocycles. The predicted octanol–water partition coefficient (Wildman–Crippen LogP) is 4.85. The molecule has 0 heterocycles. The van der Waals surface area contributed by atoms with Crippen molar-refractivity contribution in [1.82, 2.24) is 0 Å². The molecule has 0 bridgehead atoms. The molecule has 0 aliphatic heterocycles. The Hall–Kier alpha value is -3.06. The highest BCUT2D eigenvalue weighted by atomic mass is 35.5. The molecule has 0 saturated heterocycles. The summed E-state index contributed by atoms with van der Waals surface area (Å²) >= 11 is 5.77. The molecule has 24 heavy (non-hydrogen) atoms. The molecule has 8 heteroatoms. The standard InChI is InChI=1S/C16H12ClN3O4/c1-10(21)15(19-18-13-6-4-12(17)5-7-13)16(22)11-2-8-14(9-3-11)20(23)24/h2-9,22H,1H3. The predicted molar refractivity (Wildman–Crippen MR) is 89.3 cm³/mol. The van der Waals surface area contributed by atoms with Crippen molar-refractivity contribution in [3.05, 3.63) is 74.9 Å². The number of azo groups is 1. The van der Waals surface area contributed by atoms with Crippen LogP contribution in [0.1, 0.15) is 12.5 Å². The Morgan fingerprint density at radius 3 is 2.21 bits per heavy atom. The molecule has 7 nitrogen and oxygen atoms in total. The minimum absolute atomic E-state index is 0.126. The van der Waals surface area contributed by atoms with Gasteiger partial charge in [0.05, 0.1) is 10.6 Å². The lowest BCUT2D eigenvalue weighted by Gasteiger charge is -2.03. The Kier molecular flexibility index (Phi) is 5.39. The molecule has 0 amide bonds. The molecule has 2 rings (SSSR count). The summed E-state index contributed by atoms with van der Waals surface area (Å²) in [4.78, 5) is 21.8. The van der Waals surface area contributed by atoms with Crippen molar-refractivity contribution >= 4 is 34.5 Å². The number of nitro benzene ring substituents is 1. The quantitative estimate of drug-likeness (QED) is 0.275. The van der Waals surface area contributed by atoms with Gasteiger partial charge in [-0.15, -0.1) is 5.11 Å². The first-order valence-corrected chi connectivity index (χ1v) is 7.12. The number of aliphatic hydroxyl groups excluding tert-OH is 1. The van der Waals surface area contributed by atoms with Gasteiger partial charge in [-0.2, -0.15) is 5.11 Å². The molecule has 0 unspecified atom stereocenters. The number of rotatable bonds is 5. The molecule has 0 aromatic heterocycles. The Labute approximate surface area is 142 Å². The number of halogens is 1. The molecule has 0 atom stereocenters. The van der Waals surface area contributed by atoms with Crippen LogP contribution in [0.4, 0.5) is 11.4 Å². The summed E-state index contributed by atoms with van der Waals surface area (Å²) < 4.78 is 0. The van der Waals surface area contributed by atoms with Crippen LogP contribution in [0.25, 0.3) is 5.76 Å². The van der Waals surface area contributed by atoms with Crippen molar-refractivity contribution in [2.75, 3.05) is 0 Å². The van der Waals surface area contributed by atoms with Crippen LogP contribution in [0.5, 0.6) is 0 Å². The largest absolute Gasteiger partial charge is 0.505 e. The first-order valence-electron chi connectivity index (χ1n) is 6.75. The molecular formula is C16H12ClN3O4. The minimum Gasteiger partial charge on any atom is -0.505 e. The van der Waals surface area contributed by atoms with Crippen LogP contribution >= 0.6 is 11.6 Å². The van der Waals surface area contributed by atoms with Crippen molar-refractivity contribution in [1.29, 1.82) is 0 Å². The fourth-order valence-electron chi connectivity index (χ4n) is 1.78. The summed E-state index contributed by atoms with van der Waals surface area (Å²) in [7, 11) is 0. The topological polar surface area (TPSA) is 105 Å². The number of hydrogen-bond acceptors (Lipinski definition) is 6. The van der Waals surface area contributed by atoms with Gasteiger partial charge >= 0.3 is 0 Å². The number of carbonyl (C=O) groups excluding carboxylic acids is 1. The molecular weight excluding hydrogens is 334 g/mol. The number of ketones is 1. The zero-order chi connectivity index (χ0) is 17.7. The van der Waals surface area contributed by atoms with E-state index in [1.165, 1.54) is 31.2 Å². The van der Waals surface area contributed by atoms with Crippen LogP contribution in [0.15, 0.2) is 64.5 Å². The van der Waals surface area contributed by atoms with Crippen molar-refractivity contribution in [3.63, 3.8) is 0 Å². The van der Waals surface area contributed by atoms with Gasteiger partial charge < -0.3 is 5.11 Å². The van der Waals surface area contributed by atoms with Crippen LogP contribution in [0, 0.1) is 10.1 Å². The molecule has 0 fully saturated rings. The monoisotopic (exact) mass is 345 g/mol. The number of allylic oxidation sites excluding steroid dienone is 1. The van der Waals surface area contributed by atoms with E-state index in [1.807, 2.05) is 0 Å². The third-order valence-electron chi connectivity index (χ3n) is 3.00. The van der Waals surface area contributed by atoms with Crippen LogP contribution in [-0.4, -0.2) is 15.8 Å². The van der Waals surface area contributed by atoms with Gasteiger partial charge in [0.1, 0.15) is 0 Å². The second-order valence-electron chi connectivity index (χ2n) is 4.73. The summed E-state index contributed by atoms with van der Waals surface area (Å²) in [6, 6.07) is 11.5. The highest BCUT2D eigenvalue weighted by Gasteiger charge is 2.14. The van der Waals surface area contributed by atoms with Gasteiger partial charge in [-0.3, -0.25) is 14.9 Å². The van der Waals surface area contributed by atoms with Gasteiger partial charge in [0.2, 0.25) is 0 Å². The van der Waals surface area contributed by atoms with Gasteiger partial charge in [-0.05, 0) is 36.4 Å². The number of carbonyl (C=O) groups is 1. The first kappa shape index (κ1) is 17.3. The van der Waals surface area contributed by atoms with E-state index in [1.54, 1.807) is 24.3 Å². The second kappa shape index (κ2) is 7.47. The second-order valence-corrected chi connectivity index (χ2v) is 5.17. The summed E-state index contributed by atoms with van der Waals surface area (Å²) in [6.45, 7) is 1.23. The average molecular weight is 346 g/mol. The number of non-ortho nitro benzene ring substituents is 1. The van der Waals surface area contributed by atoms with Gasteiger partial charge in [-0.25, -0.2) is 0 Å². The number of Topliss-reactive ketones (excluding diaryl/α,β-unsaturated/α-hetero) is 1. The Morgan fingerprint density at radius 2 is 1.71 bits per heavy atom. The lowest BCUT2D eigenvalue weighted by atomic mass is 10.1. The molecule has 2 aromatic rings. The molecule has 0 saturated carbocycles. The normalized spacial score (nSPS) is 12.1. The fourth-order valence-corrected chi connectivity index (χ4v) is 1.90. The van der Waals surface area contributed by atoms with Crippen molar-refractivity contribution in [3.8, 4) is 0 Å². The van der Waals surface area contributed by atoms with E-state index < -0.39 is 16.5 Å². The van der Waals surface area contributed by atoms with E-state index in [0.717, 1.165) is 0 Å². The highest BCUT2D eigenvalue weighted by molar-refractivity contribution is 6.30. The third kappa shape index (κ3) is 4.23. The highest BCUT2D eigenvalue weighted by Crippen LogP contribution is 2.23. The maximum absolute atomic E-state index is 11.7. The Bertz CT molecular complexity index is 827. The third-order valence-corrected chi connectivity index (χ3v) is 3.25. The maximum atomic E-state index is 11.7. The van der Waals surface area contributed by atoms with Gasteiger partial charge in [0.15, 0.2) is 17.2 Å².